The van der Waals surface area contributed by atoms with E-state index in [4.69, 9.17) is 33.4 Å². The van der Waals surface area contributed by atoms with Gasteiger partial charge in [-0.05, 0) is 18.6 Å². The molecule has 0 atom stereocenters. The van der Waals surface area contributed by atoms with Crippen LogP contribution in [0.2, 0.25) is 10.0 Å². The molecular weight excluding hydrogens is 243 g/mol. The smallest absolute Gasteiger partial charge is 0.338 e. The van der Waals surface area contributed by atoms with E-state index in [0.717, 1.165) is 0 Å². The summed E-state index contributed by atoms with van der Waals surface area (Å²) in [6.45, 7) is 1.49. The van der Waals surface area contributed by atoms with Crippen molar-refractivity contribution in [3.63, 3.8) is 0 Å². The van der Waals surface area contributed by atoms with Gasteiger partial charge in [0, 0.05) is 0 Å². The van der Waals surface area contributed by atoms with Crippen LogP contribution in [0.3, 0.4) is 0 Å². The molecule has 1 rings (SSSR count). The molecule has 6 heteroatoms. The van der Waals surface area contributed by atoms with E-state index in [1.807, 2.05) is 0 Å². The molecule has 0 heterocycles. The first kappa shape index (κ1) is 11.8. The number of carboxylic acids is 2. The highest BCUT2D eigenvalue weighted by molar-refractivity contribution is 6.41. The van der Waals surface area contributed by atoms with E-state index in [2.05, 4.69) is 0 Å². The van der Waals surface area contributed by atoms with E-state index in [1.165, 1.54) is 13.0 Å². The van der Waals surface area contributed by atoms with Gasteiger partial charge in [0.1, 0.15) is 0 Å². The Bertz CT molecular complexity index is 416. The van der Waals surface area contributed by atoms with Crippen molar-refractivity contribution in [2.24, 2.45) is 0 Å². The molecule has 0 radical (unpaired) electrons. The number of rotatable bonds is 2. The third-order valence-electron chi connectivity index (χ3n) is 1.84. The average Bonchev–Trinajstić information content (AvgIpc) is 1.99. The van der Waals surface area contributed by atoms with Crippen LogP contribution in [0.5, 0.6) is 0 Å². The lowest BCUT2D eigenvalue weighted by Crippen LogP contribution is -2.07. The van der Waals surface area contributed by atoms with Gasteiger partial charge in [-0.3, -0.25) is 0 Å². The maximum Gasteiger partial charge on any atom is 0.338 e. The van der Waals surface area contributed by atoms with Crippen LogP contribution in [0, 0.1) is 6.92 Å². The van der Waals surface area contributed by atoms with Crippen LogP contribution in [0.4, 0.5) is 0 Å². The van der Waals surface area contributed by atoms with Gasteiger partial charge < -0.3 is 10.2 Å². The van der Waals surface area contributed by atoms with Crippen LogP contribution in [0.25, 0.3) is 0 Å². The van der Waals surface area contributed by atoms with Crippen LogP contribution in [0.15, 0.2) is 6.07 Å². The SMILES string of the molecule is Cc1cc(Cl)c(C(=O)O)c(Cl)c1C(=O)O. The summed E-state index contributed by atoms with van der Waals surface area (Å²) >= 11 is 11.3. The Balaban J connectivity index is 3.64. The van der Waals surface area contributed by atoms with Crippen molar-refractivity contribution in [2.45, 2.75) is 6.92 Å². The molecule has 80 valence electrons. The Morgan fingerprint density at radius 3 is 2.00 bits per heavy atom. The van der Waals surface area contributed by atoms with Crippen molar-refractivity contribution in [1.29, 1.82) is 0 Å². The molecule has 0 aromatic heterocycles. The zero-order chi connectivity index (χ0) is 11.7. The monoisotopic (exact) mass is 248 g/mol. The largest absolute Gasteiger partial charge is 0.478 e. The molecule has 0 unspecified atom stereocenters. The minimum Gasteiger partial charge on any atom is -0.478 e. The van der Waals surface area contributed by atoms with Gasteiger partial charge in [-0.2, -0.15) is 0 Å². The van der Waals surface area contributed by atoms with Crippen molar-refractivity contribution in [3.05, 3.63) is 32.8 Å². The first-order valence-corrected chi connectivity index (χ1v) is 4.57. The van der Waals surface area contributed by atoms with Crippen molar-refractivity contribution >= 4 is 35.1 Å². The fraction of sp³-hybridized carbons (Fsp3) is 0.111. The highest BCUT2D eigenvalue weighted by atomic mass is 35.5. The average molecular weight is 249 g/mol. The van der Waals surface area contributed by atoms with Gasteiger partial charge in [-0.25, -0.2) is 9.59 Å². The standard InChI is InChI=1S/C9H6Cl2O4/c1-3-2-4(10)6(9(14)15)7(11)5(3)8(12)13/h2H,1H3,(H,12,13)(H,14,15). The zero-order valence-corrected chi connectivity index (χ0v) is 9.06. The maximum absolute atomic E-state index is 10.8. The predicted molar refractivity (Wildman–Crippen MR) is 55.1 cm³/mol. The molecule has 2 N–H and O–H groups in total. The minimum atomic E-state index is -1.35. The number of halogens is 2. The summed E-state index contributed by atoms with van der Waals surface area (Å²) in [5.41, 5.74) is -0.303. The summed E-state index contributed by atoms with van der Waals surface area (Å²) in [5, 5.41) is 17.2. The quantitative estimate of drug-likeness (QED) is 0.844. The van der Waals surface area contributed by atoms with Crippen molar-refractivity contribution in [2.75, 3.05) is 0 Å². The lowest BCUT2D eigenvalue weighted by atomic mass is 10.0. The van der Waals surface area contributed by atoms with Gasteiger partial charge in [-0.15, -0.1) is 0 Å². The Labute approximate surface area is 95.0 Å². The summed E-state index contributed by atoms with van der Waals surface area (Å²) in [6.07, 6.45) is 0. The molecule has 0 fully saturated rings. The summed E-state index contributed by atoms with van der Waals surface area (Å²) in [5.74, 6) is -2.64. The molecule has 1 aromatic carbocycles. The summed E-state index contributed by atoms with van der Waals surface area (Å²) in [6, 6.07) is 1.26. The Hall–Kier alpha value is -1.26. The van der Waals surface area contributed by atoms with E-state index in [9.17, 15) is 9.59 Å². The van der Waals surface area contributed by atoms with E-state index in [0.29, 0.717) is 5.56 Å². The molecule has 0 saturated carbocycles. The molecule has 0 spiro atoms. The van der Waals surface area contributed by atoms with Crippen LogP contribution in [-0.2, 0) is 0 Å². The second-order valence-corrected chi connectivity index (χ2v) is 3.63. The van der Waals surface area contributed by atoms with Gasteiger partial charge >= 0.3 is 11.9 Å². The van der Waals surface area contributed by atoms with Gasteiger partial charge in [-0.1, -0.05) is 23.2 Å². The fourth-order valence-corrected chi connectivity index (χ4v) is 2.00. The summed E-state index contributed by atoms with van der Waals surface area (Å²) in [4.78, 5) is 21.6. The predicted octanol–water partition coefficient (Wildman–Crippen LogP) is 2.70. The lowest BCUT2D eigenvalue weighted by molar-refractivity contribution is 0.0695. The normalized spacial score (nSPS) is 10.1. The lowest BCUT2D eigenvalue weighted by Gasteiger charge is -2.08. The van der Waals surface area contributed by atoms with E-state index in [-0.39, 0.29) is 21.2 Å². The highest BCUT2D eigenvalue weighted by Crippen LogP contribution is 2.30. The first-order chi connectivity index (χ1) is 6.86. The summed E-state index contributed by atoms with van der Waals surface area (Å²) in [7, 11) is 0. The van der Waals surface area contributed by atoms with E-state index >= 15 is 0 Å². The third kappa shape index (κ3) is 2.06. The van der Waals surface area contributed by atoms with Gasteiger partial charge in [0.05, 0.1) is 21.2 Å². The summed E-state index contributed by atoms with van der Waals surface area (Å²) < 4.78 is 0. The van der Waals surface area contributed by atoms with E-state index in [1.54, 1.807) is 0 Å². The number of carbonyl (C=O) groups is 2. The third-order valence-corrected chi connectivity index (χ3v) is 2.52. The second kappa shape index (κ2) is 4.08. The van der Waals surface area contributed by atoms with Crippen LogP contribution in [-0.4, -0.2) is 22.2 Å². The molecule has 0 aliphatic heterocycles. The molecule has 0 bridgehead atoms. The number of hydrogen-bond donors (Lipinski definition) is 2. The Morgan fingerprint density at radius 1 is 1.13 bits per heavy atom. The minimum absolute atomic E-state index is 0.0741. The highest BCUT2D eigenvalue weighted by Gasteiger charge is 2.22. The van der Waals surface area contributed by atoms with Gasteiger partial charge in [0.15, 0.2) is 0 Å². The van der Waals surface area contributed by atoms with Crippen LogP contribution in [0.1, 0.15) is 26.3 Å². The van der Waals surface area contributed by atoms with Crippen molar-refractivity contribution in [1.82, 2.24) is 0 Å². The fourth-order valence-electron chi connectivity index (χ4n) is 1.20. The molecule has 0 aliphatic carbocycles. The number of aromatic carboxylic acids is 2. The number of hydrogen-bond acceptors (Lipinski definition) is 2. The molecule has 0 amide bonds. The topological polar surface area (TPSA) is 74.6 Å². The number of aryl methyl sites for hydroxylation is 1. The molecule has 0 saturated heterocycles. The van der Waals surface area contributed by atoms with Crippen LogP contribution >= 0.6 is 23.2 Å². The maximum atomic E-state index is 10.8. The van der Waals surface area contributed by atoms with Crippen molar-refractivity contribution < 1.29 is 19.8 Å². The van der Waals surface area contributed by atoms with Gasteiger partial charge in [0.25, 0.3) is 0 Å². The van der Waals surface area contributed by atoms with E-state index < -0.39 is 11.9 Å². The molecule has 4 nitrogen and oxygen atoms in total. The number of benzene rings is 1. The van der Waals surface area contributed by atoms with Crippen LogP contribution < -0.4 is 0 Å². The molecule has 0 aliphatic rings. The molecular formula is C9H6Cl2O4. The second-order valence-electron chi connectivity index (χ2n) is 2.85. The van der Waals surface area contributed by atoms with Crippen molar-refractivity contribution in [3.8, 4) is 0 Å². The Kier molecular flexibility index (Phi) is 3.21. The molecule has 15 heavy (non-hydrogen) atoms. The molecule has 1 aromatic rings. The van der Waals surface area contributed by atoms with Gasteiger partial charge in [0.2, 0.25) is 0 Å². The number of carboxylic acid groups (broad SMARTS) is 2. The first-order valence-electron chi connectivity index (χ1n) is 3.81. The zero-order valence-electron chi connectivity index (χ0n) is 7.54. The Morgan fingerprint density at radius 2 is 1.60 bits per heavy atom.